The molecular weight excluding hydrogens is 839 g/mol. The molecule has 6 saturated carbocycles. The van der Waals surface area contributed by atoms with Crippen LogP contribution >= 0.6 is 0 Å². The Morgan fingerprint density at radius 2 is 0.884 bits per heavy atom. The van der Waals surface area contributed by atoms with E-state index in [9.17, 15) is 10.5 Å². The fraction of sp³-hybridized carbons (Fsp3) is 0.312. The van der Waals surface area contributed by atoms with E-state index in [0.717, 1.165) is 34.8 Å². The predicted molar refractivity (Wildman–Crippen MR) is 275 cm³/mol. The monoisotopic (exact) mass is 885 g/mol. The summed E-state index contributed by atoms with van der Waals surface area (Å²) in [7, 11) is 0. The first-order valence-corrected chi connectivity index (χ1v) is 26.3. The summed E-state index contributed by atoms with van der Waals surface area (Å²) in [5, 5.41) is 33.3. The highest BCUT2D eigenvalue weighted by molar-refractivity contribution is 6.36. The van der Waals surface area contributed by atoms with Crippen molar-refractivity contribution in [2.24, 2.45) is 34.5 Å². The lowest BCUT2D eigenvalue weighted by Crippen LogP contribution is -2.41. The van der Waals surface area contributed by atoms with Crippen molar-refractivity contribution in [3.05, 3.63) is 149 Å². The van der Waals surface area contributed by atoms with Crippen LogP contribution in [0.2, 0.25) is 0 Å². The third-order valence-corrected chi connectivity index (χ3v) is 21.9. The lowest BCUT2D eigenvalue weighted by atomic mass is 9.56. The summed E-state index contributed by atoms with van der Waals surface area (Å²) >= 11 is 0. The van der Waals surface area contributed by atoms with Crippen molar-refractivity contribution in [2.75, 3.05) is 0 Å². The zero-order valence-electron chi connectivity index (χ0n) is 38.4. The van der Waals surface area contributed by atoms with Crippen molar-refractivity contribution < 1.29 is 0 Å². The van der Waals surface area contributed by atoms with Gasteiger partial charge in [0, 0.05) is 54.5 Å². The lowest BCUT2D eigenvalue weighted by Gasteiger charge is -2.48. The van der Waals surface area contributed by atoms with E-state index < -0.39 is 0 Å². The van der Waals surface area contributed by atoms with Crippen molar-refractivity contribution in [3.8, 4) is 23.5 Å². The molecule has 0 aliphatic heterocycles. The second-order valence-corrected chi connectivity index (χ2v) is 23.9. The van der Waals surface area contributed by atoms with Crippen LogP contribution in [0.4, 0.5) is 0 Å². The maximum absolute atomic E-state index is 11.4. The van der Waals surface area contributed by atoms with E-state index in [0.29, 0.717) is 34.5 Å². The van der Waals surface area contributed by atoms with Crippen LogP contribution in [0.3, 0.4) is 0 Å². The Labute approximate surface area is 398 Å². The Morgan fingerprint density at radius 3 is 1.48 bits per heavy atom. The minimum atomic E-state index is 0.441. The fourth-order valence-electron chi connectivity index (χ4n) is 19.8. The van der Waals surface area contributed by atoms with Gasteiger partial charge in [-0.15, -0.1) is 0 Å². The number of hydrogen-bond acceptors (Lipinski definition) is 2. The highest BCUT2D eigenvalue weighted by Crippen LogP contribution is 2.78. The molecule has 0 saturated heterocycles. The van der Waals surface area contributed by atoms with Gasteiger partial charge in [-0.1, -0.05) is 54.6 Å². The van der Waals surface area contributed by atoms with Crippen LogP contribution in [-0.2, 0) is 0 Å². The third-order valence-electron chi connectivity index (χ3n) is 21.9. The van der Waals surface area contributed by atoms with Crippen molar-refractivity contribution in [3.63, 3.8) is 0 Å². The van der Waals surface area contributed by atoms with Crippen LogP contribution < -0.4 is 0 Å². The molecule has 6 bridgehead atoms. The molecular formula is C64H47N5. The molecule has 4 heterocycles. The maximum atomic E-state index is 11.4. The summed E-state index contributed by atoms with van der Waals surface area (Å²) in [5.41, 5.74) is 19.5. The zero-order valence-corrected chi connectivity index (χ0v) is 38.4. The minimum Gasteiger partial charge on any atom is -0.309 e. The first kappa shape index (κ1) is 36.0. The second-order valence-electron chi connectivity index (χ2n) is 23.9. The van der Waals surface area contributed by atoms with Gasteiger partial charge in [0.15, 0.2) is 0 Å². The molecule has 19 rings (SSSR count). The second kappa shape index (κ2) is 11.5. The van der Waals surface area contributed by atoms with E-state index in [1.165, 1.54) is 180 Å². The molecule has 0 radical (unpaired) electrons. The van der Waals surface area contributed by atoms with Gasteiger partial charge in [-0.25, -0.2) is 0 Å². The van der Waals surface area contributed by atoms with E-state index in [-0.39, 0.29) is 0 Å². The number of hydrogen-bond donors (Lipinski definition) is 0. The number of fused-ring (bicyclic) bond motifs is 25. The van der Waals surface area contributed by atoms with E-state index in [1.54, 1.807) is 0 Å². The molecule has 10 unspecified atom stereocenters. The smallest absolute Gasteiger partial charge is 0.0995 e. The number of nitrogens with zero attached hydrogens (tertiary/aromatic N) is 5. The fourth-order valence-corrected chi connectivity index (χ4v) is 19.8. The molecule has 7 aromatic carbocycles. The molecule has 11 aromatic rings. The molecule has 5 nitrogen and oxygen atoms in total. The Hall–Kier alpha value is -7.08. The normalized spacial score (nSPS) is 30.7. The number of para-hydroxylation sites is 3. The van der Waals surface area contributed by atoms with Gasteiger partial charge in [-0.3, -0.25) is 0 Å². The Kier molecular flexibility index (Phi) is 6.00. The van der Waals surface area contributed by atoms with Gasteiger partial charge in [0.1, 0.15) is 0 Å². The topological polar surface area (TPSA) is 61.9 Å². The summed E-state index contributed by atoms with van der Waals surface area (Å²) in [6.07, 6.45) is 12.8. The Balaban J connectivity index is 1.07. The van der Waals surface area contributed by atoms with Crippen molar-refractivity contribution in [1.29, 1.82) is 10.5 Å². The molecule has 0 amide bonds. The van der Waals surface area contributed by atoms with Gasteiger partial charge >= 0.3 is 0 Å². The molecule has 10 atom stereocenters. The molecule has 4 aromatic heterocycles. The number of aromatic nitrogens is 3. The van der Waals surface area contributed by atoms with Crippen LogP contribution in [0.25, 0.3) is 93.1 Å². The Morgan fingerprint density at radius 1 is 0.391 bits per heavy atom. The predicted octanol–water partition coefficient (Wildman–Crippen LogP) is 15.6. The Bertz CT molecular complexity index is 4360. The molecule has 2 spiro atoms. The highest BCUT2D eigenvalue weighted by Gasteiger charge is 2.67. The quantitative estimate of drug-likeness (QED) is 0.174. The summed E-state index contributed by atoms with van der Waals surface area (Å²) in [5.74, 6) is 5.09. The van der Waals surface area contributed by atoms with Crippen LogP contribution in [0, 0.1) is 57.2 Å². The van der Waals surface area contributed by atoms with Crippen molar-refractivity contribution in [1.82, 2.24) is 13.5 Å². The number of benzene rings is 7. The van der Waals surface area contributed by atoms with E-state index in [2.05, 4.69) is 141 Å². The zero-order chi connectivity index (χ0) is 44.6. The van der Waals surface area contributed by atoms with Crippen LogP contribution in [0.5, 0.6) is 0 Å². The average Bonchev–Trinajstić information content (AvgIpc) is 4.25. The molecule has 8 aliphatic rings. The van der Waals surface area contributed by atoms with Gasteiger partial charge in [-0.05, 0) is 205 Å². The van der Waals surface area contributed by atoms with E-state index in [1.807, 2.05) is 0 Å². The third kappa shape index (κ3) is 3.80. The summed E-state index contributed by atoms with van der Waals surface area (Å²) in [4.78, 5) is 0. The molecule has 5 heteroatoms. The van der Waals surface area contributed by atoms with Gasteiger partial charge in [0.25, 0.3) is 0 Å². The SMILES string of the molecule is N#Cc1cc2c(c3c1C1CC4CC5CC3CC45C1)c1cc3c4cc5c(cc4n(-c4ccccc4)c3c3c4c6c(c(C#N)cc4n2c13)C1CC2CC3CC6CC23C1)c1ccccc1n5-c1ccccc1. The first-order chi connectivity index (χ1) is 34.0. The van der Waals surface area contributed by atoms with Gasteiger partial charge < -0.3 is 13.5 Å². The van der Waals surface area contributed by atoms with Gasteiger partial charge in [0.05, 0.1) is 61.9 Å². The summed E-state index contributed by atoms with van der Waals surface area (Å²) in [6.45, 7) is 0. The minimum absolute atomic E-state index is 0.441. The summed E-state index contributed by atoms with van der Waals surface area (Å²) < 4.78 is 7.71. The number of rotatable bonds is 2. The van der Waals surface area contributed by atoms with E-state index >= 15 is 0 Å². The van der Waals surface area contributed by atoms with Gasteiger partial charge in [-0.2, -0.15) is 10.5 Å². The lowest BCUT2D eigenvalue weighted by molar-refractivity contribution is 0.00321. The molecule has 8 aliphatic carbocycles. The molecule has 328 valence electrons. The van der Waals surface area contributed by atoms with E-state index in [4.69, 9.17) is 0 Å². The van der Waals surface area contributed by atoms with Crippen LogP contribution in [0.15, 0.2) is 115 Å². The molecule has 6 fully saturated rings. The van der Waals surface area contributed by atoms with Crippen LogP contribution in [-0.4, -0.2) is 13.5 Å². The van der Waals surface area contributed by atoms with Crippen LogP contribution in [0.1, 0.15) is 121 Å². The average molecular weight is 886 g/mol. The van der Waals surface area contributed by atoms with Crippen molar-refractivity contribution in [2.45, 2.75) is 87.9 Å². The van der Waals surface area contributed by atoms with Gasteiger partial charge in [0.2, 0.25) is 0 Å². The largest absolute Gasteiger partial charge is 0.309 e. The summed E-state index contributed by atoms with van der Waals surface area (Å²) in [6, 6.07) is 49.1. The molecule has 0 N–H and O–H groups in total. The standard InChI is InChI=1S/C64H47N5/c65-30-36-19-52-58(56-34-17-40-21-38-15-32(54(36)56)26-63(38,40)28-34)48-23-47-46-25-50-45(44-13-7-8-14-49(44)67(50)42-9-3-1-4-10-42)24-51(46)68(43-11-5-2-6-12-43)61(47)60-59-53(69(52)62(48)60)20-37(31-66)55-33-16-39-22-41-18-35(57(55)59)29-64(39,41)27-33/h1-14,19-20,23-25,32-35,38-41H,15-18,21-22,26-29H2. The van der Waals surface area contributed by atoms with Crippen molar-refractivity contribution >= 4 is 81.7 Å². The molecule has 69 heavy (non-hydrogen) atoms. The maximum Gasteiger partial charge on any atom is 0.0995 e. The first-order valence-electron chi connectivity index (χ1n) is 26.3. The number of nitriles is 2. The highest BCUT2D eigenvalue weighted by atomic mass is 15.0.